The molecule has 0 unspecified atom stereocenters. The summed E-state index contributed by atoms with van der Waals surface area (Å²) >= 11 is 0. The molecule has 0 aromatic heterocycles. The topological polar surface area (TPSA) is 72.2 Å². The van der Waals surface area contributed by atoms with Crippen molar-refractivity contribution in [1.82, 2.24) is 4.72 Å². The van der Waals surface area contributed by atoms with Crippen LogP contribution in [0.15, 0.2) is 29.2 Å². The SMILES string of the molecule is C[C@@H]1CCC[C@@H](NS(=O)(=O)c2ccc(N)cc2)C1. The van der Waals surface area contributed by atoms with Crippen molar-refractivity contribution in [2.75, 3.05) is 5.73 Å². The van der Waals surface area contributed by atoms with E-state index in [2.05, 4.69) is 11.6 Å². The van der Waals surface area contributed by atoms with Gasteiger partial charge in [-0.3, -0.25) is 0 Å². The second-order valence-corrected chi connectivity index (χ2v) is 6.87. The Balaban J connectivity index is 2.09. The molecular formula is C13H20N2O2S. The smallest absolute Gasteiger partial charge is 0.240 e. The summed E-state index contributed by atoms with van der Waals surface area (Å²) in [6.07, 6.45) is 4.14. The first-order chi connectivity index (χ1) is 8.47. The maximum atomic E-state index is 12.2. The lowest BCUT2D eigenvalue weighted by atomic mass is 9.88. The summed E-state index contributed by atoms with van der Waals surface area (Å²) < 4.78 is 27.1. The average molecular weight is 268 g/mol. The minimum Gasteiger partial charge on any atom is -0.399 e. The van der Waals surface area contributed by atoms with Gasteiger partial charge in [0.15, 0.2) is 0 Å². The van der Waals surface area contributed by atoms with E-state index in [4.69, 9.17) is 5.73 Å². The summed E-state index contributed by atoms with van der Waals surface area (Å²) in [5, 5.41) is 0. The molecule has 1 aromatic carbocycles. The Labute approximate surface area is 109 Å². The number of hydrogen-bond donors (Lipinski definition) is 2. The zero-order valence-electron chi connectivity index (χ0n) is 10.6. The molecule has 2 rings (SSSR count). The molecule has 1 fully saturated rings. The number of nitrogen functional groups attached to an aromatic ring is 1. The lowest BCUT2D eigenvalue weighted by Crippen LogP contribution is -2.37. The van der Waals surface area contributed by atoms with Crippen LogP contribution in [-0.2, 0) is 10.0 Å². The van der Waals surface area contributed by atoms with Gasteiger partial charge < -0.3 is 5.73 Å². The molecule has 100 valence electrons. The molecule has 1 aliphatic carbocycles. The normalized spacial score (nSPS) is 24.9. The van der Waals surface area contributed by atoms with Crippen molar-refractivity contribution in [1.29, 1.82) is 0 Å². The van der Waals surface area contributed by atoms with Gasteiger partial charge in [0.25, 0.3) is 0 Å². The van der Waals surface area contributed by atoms with Crippen LogP contribution in [0.5, 0.6) is 0 Å². The van der Waals surface area contributed by atoms with Crippen LogP contribution in [0, 0.1) is 5.92 Å². The third-order valence-electron chi connectivity index (χ3n) is 3.45. The number of benzene rings is 1. The van der Waals surface area contributed by atoms with Crippen LogP contribution < -0.4 is 10.5 Å². The van der Waals surface area contributed by atoms with E-state index in [0.29, 0.717) is 11.6 Å². The molecule has 0 spiro atoms. The van der Waals surface area contributed by atoms with Crippen LogP contribution in [0.25, 0.3) is 0 Å². The maximum absolute atomic E-state index is 12.2. The van der Waals surface area contributed by atoms with Gasteiger partial charge in [-0.1, -0.05) is 19.8 Å². The first kappa shape index (κ1) is 13.4. The molecule has 2 atom stereocenters. The zero-order valence-corrected chi connectivity index (χ0v) is 11.4. The second kappa shape index (κ2) is 5.28. The van der Waals surface area contributed by atoms with Gasteiger partial charge in [-0.2, -0.15) is 0 Å². The first-order valence-electron chi connectivity index (χ1n) is 6.35. The highest BCUT2D eigenvalue weighted by molar-refractivity contribution is 7.89. The third-order valence-corrected chi connectivity index (χ3v) is 4.99. The summed E-state index contributed by atoms with van der Waals surface area (Å²) in [6.45, 7) is 2.17. The van der Waals surface area contributed by atoms with Gasteiger partial charge in [-0.05, 0) is 43.0 Å². The molecule has 1 aromatic rings. The monoisotopic (exact) mass is 268 g/mol. The van der Waals surface area contributed by atoms with E-state index in [9.17, 15) is 8.42 Å². The highest BCUT2D eigenvalue weighted by Gasteiger charge is 2.24. The molecule has 0 radical (unpaired) electrons. The number of nitrogens with two attached hydrogens (primary N) is 1. The van der Waals surface area contributed by atoms with Gasteiger partial charge in [-0.25, -0.2) is 13.1 Å². The van der Waals surface area contributed by atoms with Crippen LogP contribution in [0.1, 0.15) is 32.6 Å². The molecule has 4 nitrogen and oxygen atoms in total. The van der Waals surface area contributed by atoms with Crippen molar-refractivity contribution in [2.24, 2.45) is 5.92 Å². The Morgan fingerprint density at radius 3 is 2.50 bits per heavy atom. The maximum Gasteiger partial charge on any atom is 0.240 e. The first-order valence-corrected chi connectivity index (χ1v) is 7.83. The number of hydrogen-bond acceptors (Lipinski definition) is 3. The standard InChI is InChI=1S/C13H20N2O2S/c1-10-3-2-4-12(9-10)15-18(16,17)13-7-5-11(14)6-8-13/h5-8,10,12,15H,2-4,9,14H2,1H3/t10-,12-/m1/s1. The quantitative estimate of drug-likeness (QED) is 0.825. The van der Waals surface area contributed by atoms with E-state index in [1.807, 2.05) is 0 Å². The summed E-state index contributed by atoms with van der Waals surface area (Å²) in [7, 11) is -3.41. The van der Waals surface area contributed by atoms with E-state index in [-0.39, 0.29) is 10.9 Å². The third kappa shape index (κ3) is 3.23. The van der Waals surface area contributed by atoms with E-state index >= 15 is 0 Å². The molecule has 1 saturated carbocycles. The molecule has 18 heavy (non-hydrogen) atoms. The molecular weight excluding hydrogens is 248 g/mol. The Morgan fingerprint density at radius 2 is 1.89 bits per heavy atom. The summed E-state index contributed by atoms with van der Waals surface area (Å²) in [5.74, 6) is 0.595. The Bertz CT molecular complexity index is 496. The van der Waals surface area contributed by atoms with Crippen LogP contribution in [0.4, 0.5) is 5.69 Å². The fraction of sp³-hybridized carbons (Fsp3) is 0.538. The van der Waals surface area contributed by atoms with Gasteiger partial charge in [0, 0.05) is 11.7 Å². The van der Waals surface area contributed by atoms with Crippen molar-refractivity contribution >= 4 is 15.7 Å². The van der Waals surface area contributed by atoms with Crippen LogP contribution in [0.3, 0.4) is 0 Å². The van der Waals surface area contributed by atoms with E-state index in [0.717, 1.165) is 19.3 Å². The molecule has 0 amide bonds. The Morgan fingerprint density at radius 1 is 1.22 bits per heavy atom. The van der Waals surface area contributed by atoms with Crippen molar-refractivity contribution in [3.05, 3.63) is 24.3 Å². The fourth-order valence-corrected chi connectivity index (χ4v) is 3.76. The predicted octanol–water partition coefficient (Wildman–Crippen LogP) is 2.13. The van der Waals surface area contributed by atoms with Crippen molar-refractivity contribution < 1.29 is 8.42 Å². The lowest BCUT2D eigenvalue weighted by molar-refractivity contribution is 0.327. The number of sulfonamides is 1. The van der Waals surface area contributed by atoms with Gasteiger partial charge in [-0.15, -0.1) is 0 Å². The Hall–Kier alpha value is -1.07. The summed E-state index contributed by atoms with van der Waals surface area (Å²) in [4.78, 5) is 0.287. The lowest BCUT2D eigenvalue weighted by Gasteiger charge is -2.27. The fourth-order valence-electron chi connectivity index (χ4n) is 2.48. The largest absolute Gasteiger partial charge is 0.399 e. The Kier molecular flexibility index (Phi) is 3.92. The average Bonchev–Trinajstić information content (AvgIpc) is 2.29. The molecule has 0 aliphatic heterocycles. The van der Waals surface area contributed by atoms with Gasteiger partial charge in [0.1, 0.15) is 0 Å². The zero-order chi connectivity index (χ0) is 13.2. The van der Waals surface area contributed by atoms with E-state index in [1.165, 1.54) is 6.42 Å². The van der Waals surface area contributed by atoms with Crippen LogP contribution in [-0.4, -0.2) is 14.5 Å². The van der Waals surface area contributed by atoms with Crippen molar-refractivity contribution in [3.63, 3.8) is 0 Å². The highest BCUT2D eigenvalue weighted by atomic mass is 32.2. The molecule has 3 N–H and O–H groups in total. The molecule has 5 heteroatoms. The molecule has 0 saturated heterocycles. The highest BCUT2D eigenvalue weighted by Crippen LogP contribution is 2.25. The minimum atomic E-state index is -3.41. The van der Waals surface area contributed by atoms with Gasteiger partial charge in [0.05, 0.1) is 4.90 Å². The van der Waals surface area contributed by atoms with Crippen LogP contribution >= 0.6 is 0 Å². The van der Waals surface area contributed by atoms with Crippen molar-refractivity contribution in [3.8, 4) is 0 Å². The van der Waals surface area contributed by atoms with E-state index < -0.39 is 10.0 Å². The number of nitrogens with one attached hydrogen (secondary N) is 1. The number of anilines is 1. The van der Waals surface area contributed by atoms with E-state index in [1.54, 1.807) is 24.3 Å². The molecule has 0 heterocycles. The number of rotatable bonds is 3. The summed E-state index contributed by atoms with van der Waals surface area (Å²) in [6, 6.07) is 6.38. The van der Waals surface area contributed by atoms with Gasteiger partial charge in [0.2, 0.25) is 10.0 Å². The van der Waals surface area contributed by atoms with Crippen LogP contribution in [0.2, 0.25) is 0 Å². The summed E-state index contributed by atoms with van der Waals surface area (Å²) in [5.41, 5.74) is 6.13. The molecule has 1 aliphatic rings. The predicted molar refractivity (Wildman–Crippen MR) is 72.6 cm³/mol. The van der Waals surface area contributed by atoms with Crippen molar-refractivity contribution in [2.45, 2.75) is 43.5 Å². The van der Waals surface area contributed by atoms with Gasteiger partial charge >= 0.3 is 0 Å². The second-order valence-electron chi connectivity index (χ2n) is 5.16. The molecule has 0 bridgehead atoms. The minimum absolute atomic E-state index is 0.0660.